The van der Waals surface area contributed by atoms with Crippen LogP contribution in [0.15, 0.2) is 42.5 Å². The van der Waals surface area contributed by atoms with Gasteiger partial charge in [0.25, 0.3) is 0 Å². The molecule has 0 spiro atoms. The number of hydrogen-bond donors (Lipinski definition) is 3. The van der Waals surface area contributed by atoms with Gasteiger partial charge in [-0.1, -0.05) is 51.1 Å². The Hall–Kier alpha value is -2.66. The largest absolute Gasteiger partial charge is 0.508 e. The summed E-state index contributed by atoms with van der Waals surface area (Å²) in [5.74, 6) is -0.0432. The zero-order chi connectivity index (χ0) is 20.2. The van der Waals surface area contributed by atoms with E-state index in [4.69, 9.17) is 5.11 Å². The van der Waals surface area contributed by atoms with Crippen LogP contribution in [0.5, 0.6) is 5.75 Å². The number of rotatable bonds is 8. The number of amides is 1. The van der Waals surface area contributed by atoms with Gasteiger partial charge >= 0.3 is 0 Å². The van der Waals surface area contributed by atoms with Crippen LogP contribution in [0.1, 0.15) is 49.5 Å². The first-order valence-electron chi connectivity index (χ1n) is 9.38. The number of aliphatic hydroxyl groups is 1. The van der Waals surface area contributed by atoms with E-state index in [-0.39, 0.29) is 43.4 Å². The molecule has 0 atom stereocenters. The van der Waals surface area contributed by atoms with Crippen LogP contribution in [-0.4, -0.2) is 35.1 Å². The Labute approximate surface area is 161 Å². The molecule has 0 saturated heterocycles. The minimum Gasteiger partial charge on any atom is -0.508 e. The number of benzene rings is 2. The lowest BCUT2D eigenvalue weighted by molar-refractivity contribution is -0.121. The van der Waals surface area contributed by atoms with Gasteiger partial charge in [0.2, 0.25) is 5.91 Å². The molecule has 0 aliphatic heterocycles. The van der Waals surface area contributed by atoms with E-state index in [1.807, 2.05) is 45.0 Å². The number of aromatic hydroxyl groups is 1. The SMILES string of the molecule is CC.CCc1cc(-c2ccc(C(=O)CCC(=O)NCCO)cc2)ccc1O. The van der Waals surface area contributed by atoms with E-state index < -0.39 is 0 Å². The first kappa shape index (κ1) is 22.4. The predicted molar refractivity (Wildman–Crippen MR) is 108 cm³/mol. The molecule has 2 aromatic carbocycles. The van der Waals surface area contributed by atoms with Crippen LogP contribution in [0, 0.1) is 0 Å². The van der Waals surface area contributed by atoms with Crippen molar-refractivity contribution in [3.63, 3.8) is 0 Å². The van der Waals surface area contributed by atoms with Crippen molar-refractivity contribution in [2.75, 3.05) is 13.2 Å². The van der Waals surface area contributed by atoms with Crippen molar-refractivity contribution < 1.29 is 19.8 Å². The Morgan fingerprint density at radius 3 is 2.19 bits per heavy atom. The molecule has 2 rings (SSSR count). The summed E-state index contributed by atoms with van der Waals surface area (Å²) in [5, 5.41) is 20.9. The average Bonchev–Trinajstić information content (AvgIpc) is 2.72. The number of hydrogen-bond acceptors (Lipinski definition) is 4. The van der Waals surface area contributed by atoms with Crippen LogP contribution >= 0.6 is 0 Å². The second-order valence-corrected chi connectivity index (χ2v) is 5.77. The van der Waals surface area contributed by atoms with Gasteiger partial charge in [-0.2, -0.15) is 0 Å². The molecule has 5 nitrogen and oxygen atoms in total. The molecule has 0 aromatic heterocycles. The van der Waals surface area contributed by atoms with Crippen LogP contribution in [0.4, 0.5) is 0 Å². The molecule has 0 heterocycles. The number of ketones is 1. The standard InChI is InChI=1S/C20H23NO4.C2H6/c1-2-14-13-17(7-8-18(14)23)15-3-5-16(6-4-15)19(24)9-10-20(25)21-11-12-22;1-2/h3-8,13,22-23H,2,9-12H2,1H3,(H,21,25);1-2H3. The minimum atomic E-state index is -0.241. The van der Waals surface area contributed by atoms with Gasteiger partial charge in [-0.25, -0.2) is 0 Å². The highest BCUT2D eigenvalue weighted by molar-refractivity contribution is 5.98. The van der Waals surface area contributed by atoms with E-state index in [9.17, 15) is 14.7 Å². The van der Waals surface area contributed by atoms with Gasteiger partial charge in [-0.3, -0.25) is 9.59 Å². The summed E-state index contributed by atoms with van der Waals surface area (Å²) in [6, 6.07) is 12.7. The third-order valence-electron chi connectivity index (χ3n) is 4.01. The fraction of sp³-hybridized carbons (Fsp3) is 0.364. The maximum absolute atomic E-state index is 12.2. The lowest BCUT2D eigenvalue weighted by Crippen LogP contribution is -2.26. The molecule has 0 fully saturated rings. The average molecular weight is 371 g/mol. The van der Waals surface area contributed by atoms with Gasteiger partial charge in [-0.15, -0.1) is 0 Å². The lowest BCUT2D eigenvalue weighted by atomic mass is 9.98. The first-order chi connectivity index (χ1) is 13.0. The Bertz CT molecular complexity index is 738. The van der Waals surface area contributed by atoms with Crippen LogP contribution < -0.4 is 5.32 Å². The maximum atomic E-state index is 12.2. The molecular weight excluding hydrogens is 342 g/mol. The Morgan fingerprint density at radius 1 is 0.963 bits per heavy atom. The van der Waals surface area contributed by atoms with Gasteiger partial charge in [0.1, 0.15) is 5.75 Å². The summed E-state index contributed by atoms with van der Waals surface area (Å²) in [7, 11) is 0. The molecule has 27 heavy (non-hydrogen) atoms. The van der Waals surface area contributed by atoms with Gasteiger partial charge in [-0.05, 0) is 35.2 Å². The number of phenols is 1. The number of nitrogens with one attached hydrogen (secondary N) is 1. The third kappa shape index (κ3) is 6.87. The number of Topliss-reactive ketones (excluding diaryl/α,β-unsaturated/α-hetero) is 1. The number of phenolic OH excluding ortho intramolecular Hbond substituents is 1. The number of aryl methyl sites for hydroxylation is 1. The van der Waals surface area contributed by atoms with Crippen molar-refractivity contribution in [3.8, 4) is 16.9 Å². The Kier molecular flexibility index (Phi) is 9.83. The molecule has 0 saturated carbocycles. The molecule has 0 unspecified atom stereocenters. The van der Waals surface area contributed by atoms with E-state index in [1.54, 1.807) is 18.2 Å². The van der Waals surface area contributed by atoms with Crippen molar-refractivity contribution in [2.45, 2.75) is 40.0 Å². The van der Waals surface area contributed by atoms with Crippen LogP contribution in [0.2, 0.25) is 0 Å². The summed E-state index contributed by atoms with van der Waals surface area (Å²) in [4.78, 5) is 23.6. The van der Waals surface area contributed by atoms with Crippen LogP contribution in [0.25, 0.3) is 11.1 Å². The van der Waals surface area contributed by atoms with E-state index in [0.717, 1.165) is 23.1 Å². The molecule has 2 aromatic rings. The zero-order valence-electron chi connectivity index (χ0n) is 16.3. The molecule has 0 radical (unpaired) electrons. The number of carbonyl (C=O) groups excluding carboxylic acids is 2. The molecular formula is C22H29NO4. The molecule has 1 amide bonds. The minimum absolute atomic E-state index is 0.0920. The fourth-order valence-electron chi connectivity index (χ4n) is 2.55. The number of aliphatic hydroxyl groups excluding tert-OH is 1. The monoisotopic (exact) mass is 371 g/mol. The fourth-order valence-corrected chi connectivity index (χ4v) is 2.55. The quantitative estimate of drug-likeness (QED) is 0.617. The molecule has 0 aliphatic carbocycles. The Morgan fingerprint density at radius 2 is 1.59 bits per heavy atom. The summed E-state index contributed by atoms with van der Waals surface area (Å²) in [5.41, 5.74) is 3.39. The third-order valence-corrected chi connectivity index (χ3v) is 4.01. The van der Waals surface area contributed by atoms with E-state index in [0.29, 0.717) is 5.56 Å². The highest BCUT2D eigenvalue weighted by Gasteiger charge is 2.10. The maximum Gasteiger partial charge on any atom is 0.220 e. The second-order valence-electron chi connectivity index (χ2n) is 5.77. The molecule has 0 bridgehead atoms. The normalized spacial score (nSPS) is 9.93. The van der Waals surface area contributed by atoms with Crippen LogP contribution in [-0.2, 0) is 11.2 Å². The van der Waals surface area contributed by atoms with Gasteiger partial charge < -0.3 is 15.5 Å². The highest BCUT2D eigenvalue weighted by atomic mass is 16.3. The zero-order valence-corrected chi connectivity index (χ0v) is 16.3. The lowest BCUT2D eigenvalue weighted by Gasteiger charge is -2.08. The van der Waals surface area contributed by atoms with Crippen molar-refractivity contribution in [2.24, 2.45) is 0 Å². The van der Waals surface area contributed by atoms with E-state index in [2.05, 4.69) is 5.32 Å². The molecule has 0 aliphatic rings. The van der Waals surface area contributed by atoms with Crippen molar-refractivity contribution in [1.29, 1.82) is 0 Å². The molecule has 146 valence electrons. The number of carbonyl (C=O) groups is 2. The smallest absolute Gasteiger partial charge is 0.220 e. The van der Waals surface area contributed by atoms with Crippen molar-refractivity contribution in [3.05, 3.63) is 53.6 Å². The Balaban J connectivity index is 0.00000176. The summed E-state index contributed by atoms with van der Waals surface area (Å²) in [6.45, 7) is 6.07. The molecule has 3 N–H and O–H groups in total. The molecule has 5 heteroatoms. The topological polar surface area (TPSA) is 86.6 Å². The van der Waals surface area contributed by atoms with E-state index in [1.165, 1.54) is 0 Å². The predicted octanol–water partition coefficient (Wildman–Crippen LogP) is 3.72. The first-order valence-corrected chi connectivity index (χ1v) is 9.38. The second kappa shape index (κ2) is 11.9. The van der Waals surface area contributed by atoms with Gasteiger partial charge in [0.15, 0.2) is 5.78 Å². The van der Waals surface area contributed by atoms with Gasteiger partial charge in [0.05, 0.1) is 6.61 Å². The highest BCUT2D eigenvalue weighted by Crippen LogP contribution is 2.26. The van der Waals surface area contributed by atoms with E-state index >= 15 is 0 Å². The van der Waals surface area contributed by atoms with Crippen molar-refractivity contribution >= 4 is 11.7 Å². The summed E-state index contributed by atoms with van der Waals surface area (Å²) in [6.07, 6.45) is 0.989. The summed E-state index contributed by atoms with van der Waals surface area (Å²) < 4.78 is 0. The van der Waals surface area contributed by atoms with Crippen molar-refractivity contribution in [1.82, 2.24) is 5.32 Å². The summed E-state index contributed by atoms with van der Waals surface area (Å²) >= 11 is 0. The van der Waals surface area contributed by atoms with Gasteiger partial charge in [0, 0.05) is 24.9 Å². The van der Waals surface area contributed by atoms with Crippen LogP contribution in [0.3, 0.4) is 0 Å².